The summed E-state index contributed by atoms with van der Waals surface area (Å²) in [7, 11) is 0. The van der Waals surface area contributed by atoms with Crippen LogP contribution < -0.4 is 5.32 Å². The van der Waals surface area contributed by atoms with E-state index in [1.165, 1.54) is 24.1 Å². The summed E-state index contributed by atoms with van der Waals surface area (Å²) in [5.74, 6) is 0. The van der Waals surface area contributed by atoms with Gasteiger partial charge in [-0.2, -0.15) is 0 Å². The third kappa shape index (κ3) is 4.38. The van der Waals surface area contributed by atoms with Crippen molar-refractivity contribution in [2.45, 2.75) is 33.1 Å². The summed E-state index contributed by atoms with van der Waals surface area (Å²) in [6.07, 6.45) is 5.41. The third-order valence-corrected chi connectivity index (χ3v) is 2.19. The second-order valence-electron chi connectivity index (χ2n) is 3.68. The molecule has 0 saturated heterocycles. The Morgan fingerprint density at radius 3 is 2.79 bits per heavy atom. The molecule has 2 heteroatoms. The van der Waals surface area contributed by atoms with Crippen molar-refractivity contribution in [2.75, 3.05) is 13.1 Å². The van der Waals surface area contributed by atoms with Crippen LogP contribution in [0.2, 0.25) is 0 Å². The van der Waals surface area contributed by atoms with Crippen molar-refractivity contribution in [3.63, 3.8) is 0 Å². The zero-order chi connectivity index (χ0) is 10.2. The van der Waals surface area contributed by atoms with Crippen molar-refractivity contribution in [1.82, 2.24) is 10.3 Å². The standard InChI is InChI=1S/C12H20N2/c1-3-8-13-9-4-5-12-7-6-11(2)10-14-12/h6-7,10,13H,3-5,8-9H2,1-2H3. The molecule has 2 nitrogen and oxygen atoms in total. The molecule has 1 rings (SSSR count). The number of nitrogens with zero attached hydrogens (tertiary/aromatic N) is 1. The van der Waals surface area contributed by atoms with E-state index in [0.717, 1.165) is 19.5 Å². The summed E-state index contributed by atoms with van der Waals surface area (Å²) in [6, 6.07) is 4.25. The average molecular weight is 192 g/mol. The van der Waals surface area contributed by atoms with Gasteiger partial charge >= 0.3 is 0 Å². The lowest BCUT2D eigenvalue weighted by atomic mass is 10.2. The fourth-order valence-electron chi connectivity index (χ4n) is 1.34. The molecule has 1 heterocycles. The molecule has 14 heavy (non-hydrogen) atoms. The third-order valence-electron chi connectivity index (χ3n) is 2.19. The van der Waals surface area contributed by atoms with Crippen LogP contribution in [-0.2, 0) is 6.42 Å². The molecule has 0 fully saturated rings. The van der Waals surface area contributed by atoms with Gasteiger partial charge in [0.25, 0.3) is 0 Å². The Bertz CT molecular complexity index is 241. The van der Waals surface area contributed by atoms with Crippen LogP contribution in [-0.4, -0.2) is 18.1 Å². The smallest absolute Gasteiger partial charge is 0.0404 e. The molecule has 0 aliphatic carbocycles. The topological polar surface area (TPSA) is 24.9 Å². The van der Waals surface area contributed by atoms with Crippen molar-refractivity contribution >= 4 is 0 Å². The molecule has 0 spiro atoms. The first-order chi connectivity index (χ1) is 6.83. The number of rotatable bonds is 6. The van der Waals surface area contributed by atoms with Crippen LogP contribution in [0, 0.1) is 6.92 Å². The zero-order valence-electron chi connectivity index (χ0n) is 9.21. The van der Waals surface area contributed by atoms with Gasteiger partial charge in [0.1, 0.15) is 0 Å². The van der Waals surface area contributed by atoms with Gasteiger partial charge in [-0.3, -0.25) is 4.98 Å². The Balaban J connectivity index is 2.15. The van der Waals surface area contributed by atoms with Gasteiger partial charge in [0, 0.05) is 11.9 Å². The highest BCUT2D eigenvalue weighted by atomic mass is 14.8. The SMILES string of the molecule is CCCNCCCc1ccc(C)cn1. The lowest BCUT2D eigenvalue weighted by Gasteiger charge is -2.02. The number of hydrogen-bond donors (Lipinski definition) is 1. The molecular formula is C12H20N2. The highest BCUT2D eigenvalue weighted by molar-refractivity contribution is 5.12. The van der Waals surface area contributed by atoms with Gasteiger partial charge in [-0.05, 0) is 50.9 Å². The predicted molar refractivity (Wildman–Crippen MR) is 60.5 cm³/mol. The van der Waals surface area contributed by atoms with E-state index in [2.05, 4.69) is 36.3 Å². The van der Waals surface area contributed by atoms with Crippen molar-refractivity contribution in [3.8, 4) is 0 Å². The maximum atomic E-state index is 4.37. The molecule has 0 aliphatic heterocycles. The molecule has 0 atom stereocenters. The lowest BCUT2D eigenvalue weighted by Crippen LogP contribution is -2.16. The molecule has 0 unspecified atom stereocenters. The Morgan fingerprint density at radius 1 is 1.29 bits per heavy atom. The van der Waals surface area contributed by atoms with Crippen LogP contribution in [0.25, 0.3) is 0 Å². The first-order valence-electron chi connectivity index (χ1n) is 5.45. The van der Waals surface area contributed by atoms with E-state index in [4.69, 9.17) is 0 Å². The monoisotopic (exact) mass is 192 g/mol. The fraction of sp³-hybridized carbons (Fsp3) is 0.583. The van der Waals surface area contributed by atoms with E-state index in [0.29, 0.717) is 0 Å². The Labute approximate surface area is 86.8 Å². The van der Waals surface area contributed by atoms with Crippen LogP contribution >= 0.6 is 0 Å². The van der Waals surface area contributed by atoms with Crippen molar-refractivity contribution < 1.29 is 0 Å². The maximum absolute atomic E-state index is 4.37. The summed E-state index contributed by atoms with van der Waals surface area (Å²) in [5, 5.41) is 3.39. The van der Waals surface area contributed by atoms with Crippen molar-refractivity contribution in [2.24, 2.45) is 0 Å². The minimum absolute atomic E-state index is 1.08. The number of hydrogen-bond acceptors (Lipinski definition) is 2. The molecular weight excluding hydrogens is 172 g/mol. The van der Waals surface area contributed by atoms with Gasteiger partial charge in [0.05, 0.1) is 0 Å². The van der Waals surface area contributed by atoms with Gasteiger partial charge in [-0.1, -0.05) is 13.0 Å². The summed E-state index contributed by atoms with van der Waals surface area (Å²) in [5.41, 5.74) is 2.44. The second kappa shape index (κ2) is 6.55. The summed E-state index contributed by atoms with van der Waals surface area (Å²) >= 11 is 0. The second-order valence-corrected chi connectivity index (χ2v) is 3.68. The molecule has 0 bridgehead atoms. The van der Waals surface area contributed by atoms with E-state index in [1.807, 2.05) is 6.20 Å². The quantitative estimate of drug-likeness (QED) is 0.700. The van der Waals surface area contributed by atoms with E-state index in [-0.39, 0.29) is 0 Å². The predicted octanol–water partition coefficient (Wildman–Crippen LogP) is 2.32. The molecule has 0 saturated carbocycles. The first-order valence-corrected chi connectivity index (χ1v) is 5.45. The molecule has 1 aromatic heterocycles. The maximum Gasteiger partial charge on any atom is 0.0404 e. The first kappa shape index (κ1) is 11.2. The average Bonchev–Trinajstić information content (AvgIpc) is 2.21. The Morgan fingerprint density at radius 2 is 2.14 bits per heavy atom. The fourth-order valence-corrected chi connectivity index (χ4v) is 1.34. The molecule has 0 amide bonds. The molecule has 0 radical (unpaired) electrons. The van der Waals surface area contributed by atoms with Gasteiger partial charge in [-0.25, -0.2) is 0 Å². The van der Waals surface area contributed by atoms with Gasteiger partial charge in [-0.15, -0.1) is 0 Å². The minimum Gasteiger partial charge on any atom is -0.317 e. The number of aryl methyl sites for hydroxylation is 2. The Kier molecular flexibility index (Phi) is 5.23. The number of pyridine rings is 1. The van der Waals surface area contributed by atoms with Gasteiger partial charge < -0.3 is 5.32 Å². The molecule has 1 aromatic rings. The number of nitrogens with one attached hydrogen (secondary N) is 1. The van der Waals surface area contributed by atoms with Gasteiger partial charge in [0.15, 0.2) is 0 Å². The zero-order valence-corrected chi connectivity index (χ0v) is 9.21. The Hall–Kier alpha value is -0.890. The van der Waals surface area contributed by atoms with E-state index in [1.54, 1.807) is 0 Å². The largest absolute Gasteiger partial charge is 0.317 e. The van der Waals surface area contributed by atoms with Crippen molar-refractivity contribution in [3.05, 3.63) is 29.6 Å². The molecule has 1 N–H and O–H groups in total. The normalized spacial score (nSPS) is 10.4. The molecule has 0 aromatic carbocycles. The highest BCUT2D eigenvalue weighted by Gasteiger charge is 1.93. The van der Waals surface area contributed by atoms with E-state index < -0.39 is 0 Å². The summed E-state index contributed by atoms with van der Waals surface area (Å²) in [6.45, 7) is 6.48. The van der Waals surface area contributed by atoms with Crippen LogP contribution in [0.4, 0.5) is 0 Å². The lowest BCUT2D eigenvalue weighted by molar-refractivity contribution is 0.636. The summed E-state index contributed by atoms with van der Waals surface area (Å²) in [4.78, 5) is 4.37. The van der Waals surface area contributed by atoms with E-state index >= 15 is 0 Å². The van der Waals surface area contributed by atoms with Crippen LogP contribution in [0.1, 0.15) is 31.0 Å². The minimum atomic E-state index is 1.08. The summed E-state index contributed by atoms with van der Waals surface area (Å²) < 4.78 is 0. The van der Waals surface area contributed by atoms with E-state index in [9.17, 15) is 0 Å². The van der Waals surface area contributed by atoms with Crippen LogP contribution in [0.3, 0.4) is 0 Å². The molecule has 78 valence electrons. The molecule has 0 aliphatic rings. The van der Waals surface area contributed by atoms with Crippen molar-refractivity contribution in [1.29, 1.82) is 0 Å². The highest BCUT2D eigenvalue weighted by Crippen LogP contribution is 2.00. The van der Waals surface area contributed by atoms with Crippen LogP contribution in [0.15, 0.2) is 18.3 Å². The van der Waals surface area contributed by atoms with Crippen LogP contribution in [0.5, 0.6) is 0 Å². The number of aromatic nitrogens is 1. The van der Waals surface area contributed by atoms with Gasteiger partial charge in [0.2, 0.25) is 0 Å².